The van der Waals surface area contributed by atoms with Gasteiger partial charge in [0.2, 0.25) is 0 Å². The number of hydrogen-bond donors (Lipinski definition) is 0. The van der Waals surface area contributed by atoms with Crippen molar-refractivity contribution in [2.75, 3.05) is 13.6 Å². The van der Waals surface area contributed by atoms with Gasteiger partial charge in [-0.1, -0.05) is 6.07 Å². The number of nitrogens with zero attached hydrogens (tertiary/aromatic N) is 5. The number of carbonyl (C=O) groups is 1. The van der Waals surface area contributed by atoms with Gasteiger partial charge in [-0.05, 0) is 24.3 Å². The number of carbonyl (C=O) groups excluding carboxylic acids is 1. The first-order valence-corrected chi connectivity index (χ1v) is 6.24. The molecule has 4 rings (SSSR count). The number of azo groups is 1. The van der Waals surface area contributed by atoms with Crippen molar-refractivity contribution in [3.05, 3.63) is 29.6 Å². The highest BCUT2D eigenvalue weighted by atomic mass is 16.1. The van der Waals surface area contributed by atoms with Crippen molar-refractivity contribution in [1.82, 2.24) is 9.88 Å². The topological polar surface area (TPSA) is 61.8 Å². The van der Waals surface area contributed by atoms with E-state index in [0.717, 1.165) is 42.2 Å². The lowest BCUT2D eigenvalue weighted by Crippen LogP contribution is -2.50. The van der Waals surface area contributed by atoms with Gasteiger partial charge in [0.1, 0.15) is 5.39 Å². The van der Waals surface area contributed by atoms with Gasteiger partial charge >= 0.3 is 11.7 Å². The predicted molar refractivity (Wildman–Crippen MR) is 67.1 cm³/mol. The Labute approximate surface area is 109 Å². The van der Waals surface area contributed by atoms with Crippen LogP contribution in [0.5, 0.6) is 0 Å². The van der Waals surface area contributed by atoms with E-state index in [1.54, 1.807) is 6.07 Å². The number of likely N-dealkylation sites (N-methyl/N-ethyl adjacent to an activating group) is 1. The first-order valence-electron chi connectivity index (χ1n) is 6.24. The first-order chi connectivity index (χ1) is 9.24. The van der Waals surface area contributed by atoms with Gasteiger partial charge in [-0.2, -0.15) is 0 Å². The molecule has 1 amide bonds. The second-order valence-electron chi connectivity index (χ2n) is 4.95. The van der Waals surface area contributed by atoms with Crippen LogP contribution in [0.4, 0.5) is 5.82 Å². The van der Waals surface area contributed by atoms with Gasteiger partial charge < -0.3 is 0 Å². The Balaban J connectivity index is 2.11. The summed E-state index contributed by atoms with van der Waals surface area (Å²) in [7, 11) is 2.07. The molecule has 1 aromatic carbocycles. The van der Waals surface area contributed by atoms with Gasteiger partial charge in [-0.3, -0.25) is 9.69 Å². The van der Waals surface area contributed by atoms with E-state index >= 15 is 0 Å². The van der Waals surface area contributed by atoms with Crippen LogP contribution in [0.15, 0.2) is 28.4 Å². The smallest absolute Gasteiger partial charge is 0.293 e. The molecule has 0 unspecified atom stereocenters. The molecule has 2 aliphatic rings. The summed E-state index contributed by atoms with van der Waals surface area (Å²) in [6, 6.07) is 5.55. The largest absolute Gasteiger partial charge is 0.312 e. The molecule has 1 aromatic heterocycles. The molecule has 0 spiro atoms. The standard InChI is InChI=1S/C13H12N5O/c1-17-5-6-18-10(7-17)14-9-4-2-3-8-11(9)12(18)15-16-13(8)19/h2-4H,5-7H2,1H3/q+1. The third-order valence-corrected chi connectivity index (χ3v) is 3.67. The zero-order chi connectivity index (χ0) is 13.0. The summed E-state index contributed by atoms with van der Waals surface area (Å²) in [4.78, 5) is 18.7. The average molecular weight is 254 g/mol. The van der Waals surface area contributed by atoms with Crippen molar-refractivity contribution in [2.24, 2.45) is 10.2 Å². The molecule has 0 fully saturated rings. The van der Waals surface area contributed by atoms with Crippen molar-refractivity contribution in [2.45, 2.75) is 13.1 Å². The second-order valence-corrected chi connectivity index (χ2v) is 4.95. The van der Waals surface area contributed by atoms with Crippen LogP contribution in [0.2, 0.25) is 0 Å². The van der Waals surface area contributed by atoms with E-state index in [-0.39, 0.29) is 5.91 Å². The number of aromatic nitrogens is 2. The maximum atomic E-state index is 11.8. The fourth-order valence-electron chi connectivity index (χ4n) is 2.70. The number of amides is 1. The average Bonchev–Trinajstić information content (AvgIpc) is 2.41. The number of fused-ring (bicyclic) bond motifs is 2. The summed E-state index contributed by atoms with van der Waals surface area (Å²) in [5.74, 6) is 1.46. The zero-order valence-corrected chi connectivity index (χ0v) is 10.5. The van der Waals surface area contributed by atoms with E-state index in [4.69, 9.17) is 0 Å². The monoisotopic (exact) mass is 254 g/mol. The number of rotatable bonds is 0. The molecule has 2 aromatic rings. The van der Waals surface area contributed by atoms with Crippen molar-refractivity contribution < 1.29 is 9.36 Å². The van der Waals surface area contributed by atoms with Crippen LogP contribution in [0.25, 0.3) is 10.9 Å². The number of hydrogen-bond acceptors (Lipinski definition) is 4. The third-order valence-electron chi connectivity index (χ3n) is 3.67. The molecular formula is C13H12N5O+. The highest BCUT2D eigenvalue weighted by Crippen LogP contribution is 2.30. The molecule has 2 aliphatic heterocycles. The molecule has 6 heteroatoms. The lowest BCUT2D eigenvalue weighted by atomic mass is 10.1. The van der Waals surface area contributed by atoms with Gasteiger partial charge in [0.05, 0.1) is 18.7 Å². The fraction of sp³-hybridized carbons (Fsp3) is 0.308. The maximum absolute atomic E-state index is 11.8. The van der Waals surface area contributed by atoms with E-state index in [9.17, 15) is 4.79 Å². The normalized spacial score (nSPS) is 17.8. The van der Waals surface area contributed by atoms with Crippen LogP contribution >= 0.6 is 0 Å². The Bertz CT molecular complexity index is 752. The zero-order valence-electron chi connectivity index (χ0n) is 10.5. The lowest BCUT2D eigenvalue weighted by Gasteiger charge is -2.23. The highest BCUT2D eigenvalue weighted by Gasteiger charge is 2.31. The Morgan fingerprint density at radius 3 is 3.11 bits per heavy atom. The predicted octanol–water partition coefficient (Wildman–Crippen LogP) is 1.21. The van der Waals surface area contributed by atoms with Crippen molar-refractivity contribution in [3.63, 3.8) is 0 Å². The molecule has 0 N–H and O–H groups in total. The Hall–Kier alpha value is -2.21. The first kappa shape index (κ1) is 10.7. The summed E-state index contributed by atoms with van der Waals surface area (Å²) >= 11 is 0. The molecule has 0 bridgehead atoms. The minimum absolute atomic E-state index is 0.284. The summed E-state index contributed by atoms with van der Waals surface area (Å²) in [5.41, 5.74) is 1.42. The van der Waals surface area contributed by atoms with Crippen LogP contribution in [0, 0.1) is 0 Å². The van der Waals surface area contributed by atoms with Gasteiger partial charge in [0.15, 0.2) is 5.52 Å². The van der Waals surface area contributed by atoms with E-state index in [0.29, 0.717) is 5.56 Å². The summed E-state index contributed by atoms with van der Waals surface area (Å²) in [5, 5.41) is 8.69. The molecule has 94 valence electrons. The molecular weight excluding hydrogens is 242 g/mol. The van der Waals surface area contributed by atoms with Crippen molar-refractivity contribution in [3.8, 4) is 0 Å². The van der Waals surface area contributed by atoms with Crippen molar-refractivity contribution >= 4 is 22.6 Å². The number of benzene rings is 1. The molecule has 6 nitrogen and oxygen atoms in total. The maximum Gasteiger partial charge on any atom is 0.312 e. The fourth-order valence-corrected chi connectivity index (χ4v) is 2.70. The van der Waals surface area contributed by atoms with Crippen LogP contribution in [-0.4, -0.2) is 29.4 Å². The van der Waals surface area contributed by atoms with Crippen LogP contribution in [0.3, 0.4) is 0 Å². The molecule has 0 radical (unpaired) electrons. The molecule has 3 heterocycles. The Kier molecular flexibility index (Phi) is 2.05. The molecule has 19 heavy (non-hydrogen) atoms. The van der Waals surface area contributed by atoms with Crippen LogP contribution < -0.4 is 4.57 Å². The SMILES string of the molecule is CN1CC[n+]2c(nc3cccc4c3c2N=NC4=O)C1. The van der Waals surface area contributed by atoms with Crippen molar-refractivity contribution in [1.29, 1.82) is 0 Å². The van der Waals surface area contributed by atoms with Crippen LogP contribution in [0.1, 0.15) is 16.2 Å². The highest BCUT2D eigenvalue weighted by molar-refractivity contribution is 6.10. The molecule has 0 aliphatic carbocycles. The molecule has 0 atom stereocenters. The lowest BCUT2D eigenvalue weighted by molar-refractivity contribution is -0.701. The van der Waals surface area contributed by atoms with E-state index in [1.807, 2.05) is 12.1 Å². The Morgan fingerprint density at radius 2 is 2.21 bits per heavy atom. The van der Waals surface area contributed by atoms with Gasteiger partial charge in [-0.25, -0.2) is 4.57 Å². The minimum Gasteiger partial charge on any atom is -0.293 e. The Morgan fingerprint density at radius 1 is 1.32 bits per heavy atom. The quantitative estimate of drug-likeness (QED) is 0.664. The summed E-state index contributed by atoms with van der Waals surface area (Å²) in [6.07, 6.45) is 0. The summed E-state index contributed by atoms with van der Waals surface area (Å²) in [6.45, 7) is 2.56. The summed E-state index contributed by atoms with van der Waals surface area (Å²) < 4.78 is 2.07. The van der Waals surface area contributed by atoms with E-state index in [2.05, 4.69) is 31.7 Å². The van der Waals surface area contributed by atoms with E-state index < -0.39 is 0 Å². The van der Waals surface area contributed by atoms with E-state index in [1.165, 1.54) is 0 Å². The van der Waals surface area contributed by atoms with Crippen LogP contribution in [-0.2, 0) is 13.1 Å². The minimum atomic E-state index is -0.284. The third kappa shape index (κ3) is 1.43. The van der Waals surface area contributed by atoms with Gasteiger partial charge in [0, 0.05) is 11.7 Å². The second kappa shape index (κ2) is 3.64. The molecule has 0 saturated carbocycles. The molecule has 0 saturated heterocycles. The van der Waals surface area contributed by atoms with Gasteiger partial charge in [0.25, 0.3) is 5.82 Å². The van der Waals surface area contributed by atoms with Gasteiger partial charge in [-0.15, -0.1) is 4.98 Å².